The first-order chi connectivity index (χ1) is 13.3. The van der Waals surface area contributed by atoms with Crippen LogP contribution in [-0.2, 0) is 18.8 Å². The topological polar surface area (TPSA) is 15.6 Å². The molecule has 3 aromatic carbocycles. The zero-order chi connectivity index (χ0) is 18.7. The van der Waals surface area contributed by atoms with Crippen molar-refractivity contribution in [2.24, 2.45) is 4.99 Å². The van der Waals surface area contributed by atoms with E-state index in [0.717, 1.165) is 30.6 Å². The molecule has 0 saturated heterocycles. The SMILES string of the molecule is Br.CCN=C(SCc1ccccc1)N(Cc1ccccc1)Cc1ccccc1. The molecular weight excluding hydrogens is 428 g/mol. The molecule has 0 radical (unpaired) electrons. The number of hydrogen-bond acceptors (Lipinski definition) is 2. The highest BCUT2D eigenvalue weighted by atomic mass is 79.9. The van der Waals surface area contributed by atoms with E-state index in [4.69, 9.17) is 4.99 Å². The van der Waals surface area contributed by atoms with Crippen molar-refractivity contribution in [1.29, 1.82) is 0 Å². The summed E-state index contributed by atoms with van der Waals surface area (Å²) in [5, 5.41) is 1.11. The standard InChI is InChI=1S/C24H26N2S.BrH/c1-2-25-24(27-20-23-16-10-5-11-17-23)26(18-21-12-6-3-7-13-21)19-22-14-8-4-9-15-22;/h3-17H,2,18-20H2,1H3;1H. The van der Waals surface area contributed by atoms with Gasteiger partial charge in [0.15, 0.2) is 5.17 Å². The molecule has 0 aliphatic carbocycles. The number of amidine groups is 1. The van der Waals surface area contributed by atoms with E-state index in [1.165, 1.54) is 16.7 Å². The van der Waals surface area contributed by atoms with E-state index in [9.17, 15) is 0 Å². The van der Waals surface area contributed by atoms with Crippen molar-refractivity contribution in [2.75, 3.05) is 6.54 Å². The second kappa shape index (κ2) is 12.4. The predicted octanol–water partition coefficient (Wildman–Crippen LogP) is 6.58. The average Bonchev–Trinajstić information content (AvgIpc) is 2.73. The van der Waals surface area contributed by atoms with E-state index in [0.29, 0.717) is 0 Å². The lowest BCUT2D eigenvalue weighted by Crippen LogP contribution is -2.28. The summed E-state index contributed by atoms with van der Waals surface area (Å²) in [4.78, 5) is 7.23. The summed E-state index contributed by atoms with van der Waals surface area (Å²) in [6, 6.07) is 31.9. The van der Waals surface area contributed by atoms with Crippen molar-refractivity contribution in [1.82, 2.24) is 4.90 Å². The lowest BCUT2D eigenvalue weighted by molar-refractivity contribution is 0.413. The van der Waals surface area contributed by atoms with Gasteiger partial charge in [0.25, 0.3) is 0 Å². The van der Waals surface area contributed by atoms with E-state index >= 15 is 0 Å². The normalized spacial score (nSPS) is 11.0. The van der Waals surface area contributed by atoms with Gasteiger partial charge >= 0.3 is 0 Å². The van der Waals surface area contributed by atoms with Crippen LogP contribution in [0.3, 0.4) is 0 Å². The summed E-state index contributed by atoms with van der Waals surface area (Å²) in [5.41, 5.74) is 3.93. The molecule has 0 N–H and O–H groups in total. The molecule has 3 aromatic rings. The van der Waals surface area contributed by atoms with Gasteiger partial charge in [0, 0.05) is 25.4 Å². The molecule has 4 heteroatoms. The van der Waals surface area contributed by atoms with Gasteiger partial charge in [-0.25, -0.2) is 0 Å². The highest BCUT2D eigenvalue weighted by Gasteiger charge is 2.14. The van der Waals surface area contributed by atoms with Crippen LogP contribution in [0.2, 0.25) is 0 Å². The summed E-state index contributed by atoms with van der Waals surface area (Å²) in [7, 11) is 0. The fourth-order valence-electron chi connectivity index (χ4n) is 2.89. The third-order valence-electron chi connectivity index (χ3n) is 4.21. The Morgan fingerprint density at radius 2 is 1.14 bits per heavy atom. The lowest BCUT2D eigenvalue weighted by Gasteiger charge is -2.26. The van der Waals surface area contributed by atoms with Gasteiger partial charge in [0.05, 0.1) is 0 Å². The van der Waals surface area contributed by atoms with Gasteiger partial charge in [-0.15, -0.1) is 17.0 Å². The van der Waals surface area contributed by atoms with Crippen LogP contribution in [0.25, 0.3) is 0 Å². The zero-order valence-corrected chi connectivity index (χ0v) is 18.7. The molecule has 146 valence electrons. The first-order valence-electron chi connectivity index (χ1n) is 9.39. The van der Waals surface area contributed by atoms with Crippen LogP contribution in [0, 0.1) is 0 Å². The average molecular weight is 455 g/mol. The van der Waals surface area contributed by atoms with Crippen LogP contribution in [-0.4, -0.2) is 16.6 Å². The maximum atomic E-state index is 4.84. The molecule has 0 spiro atoms. The fraction of sp³-hybridized carbons (Fsp3) is 0.208. The smallest absolute Gasteiger partial charge is 0.160 e. The van der Waals surface area contributed by atoms with E-state index in [2.05, 4.69) is 103 Å². The Hall–Kier alpha value is -2.04. The van der Waals surface area contributed by atoms with Crippen molar-refractivity contribution < 1.29 is 0 Å². The quantitative estimate of drug-likeness (QED) is 0.296. The monoisotopic (exact) mass is 454 g/mol. The number of rotatable bonds is 7. The Morgan fingerprint density at radius 1 is 0.714 bits per heavy atom. The minimum Gasteiger partial charge on any atom is -0.343 e. The fourth-order valence-corrected chi connectivity index (χ4v) is 3.91. The van der Waals surface area contributed by atoms with Gasteiger partial charge in [0.1, 0.15) is 0 Å². The second-order valence-corrected chi connectivity index (χ2v) is 7.30. The first kappa shape index (κ1) is 22.3. The van der Waals surface area contributed by atoms with Crippen molar-refractivity contribution in [2.45, 2.75) is 25.8 Å². The second-order valence-electron chi connectivity index (χ2n) is 6.36. The van der Waals surface area contributed by atoms with Crippen LogP contribution in [0.15, 0.2) is 96.0 Å². The van der Waals surface area contributed by atoms with E-state index in [1.807, 2.05) is 11.8 Å². The third-order valence-corrected chi connectivity index (χ3v) is 5.33. The zero-order valence-electron chi connectivity index (χ0n) is 16.2. The number of nitrogens with zero attached hydrogens (tertiary/aromatic N) is 2. The van der Waals surface area contributed by atoms with Crippen molar-refractivity contribution in [3.05, 3.63) is 108 Å². The molecule has 0 aliphatic heterocycles. The number of benzene rings is 3. The van der Waals surface area contributed by atoms with Gasteiger partial charge in [0.2, 0.25) is 0 Å². The summed E-state index contributed by atoms with van der Waals surface area (Å²) in [6.07, 6.45) is 0. The number of halogens is 1. The Bertz CT molecular complexity index is 781. The van der Waals surface area contributed by atoms with Gasteiger partial charge < -0.3 is 4.90 Å². The van der Waals surface area contributed by atoms with Crippen LogP contribution in [0.1, 0.15) is 23.6 Å². The number of thioether (sulfide) groups is 1. The maximum Gasteiger partial charge on any atom is 0.160 e. The van der Waals surface area contributed by atoms with Gasteiger partial charge in [-0.1, -0.05) is 103 Å². The Balaban J connectivity index is 0.00000280. The van der Waals surface area contributed by atoms with Crippen LogP contribution in [0.5, 0.6) is 0 Å². The molecule has 28 heavy (non-hydrogen) atoms. The molecule has 0 atom stereocenters. The van der Waals surface area contributed by atoms with Crippen LogP contribution < -0.4 is 0 Å². The summed E-state index contributed by atoms with van der Waals surface area (Å²) in [5.74, 6) is 0.930. The lowest BCUT2D eigenvalue weighted by atomic mass is 10.2. The molecule has 3 rings (SSSR count). The summed E-state index contributed by atoms with van der Waals surface area (Å²) < 4.78 is 0. The Kier molecular flexibility index (Phi) is 9.87. The van der Waals surface area contributed by atoms with Crippen LogP contribution >= 0.6 is 28.7 Å². The van der Waals surface area contributed by atoms with Crippen LogP contribution in [0.4, 0.5) is 0 Å². The highest BCUT2D eigenvalue weighted by Crippen LogP contribution is 2.21. The van der Waals surface area contributed by atoms with Gasteiger partial charge in [-0.05, 0) is 23.6 Å². The van der Waals surface area contributed by atoms with E-state index in [-0.39, 0.29) is 17.0 Å². The van der Waals surface area contributed by atoms with Gasteiger partial charge in [-0.3, -0.25) is 4.99 Å². The molecule has 0 aliphatic rings. The number of aliphatic imine (C=N–C) groups is 1. The molecule has 0 amide bonds. The summed E-state index contributed by atoms with van der Waals surface area (Å²) in [6.45, 7) is 4.61. The maximum absolute atomic E-state index is 4.84. The Labute approximate surface area is 183 Å². The number of hydrogen-bond donors (Lipinski definition) is 0. The van der Waals surface area contributed by atoms with E-state index in [1.54, 1.807) is 0 Å². The molecule has 0 fully saturated rings. The van der Waals surface area contributed by atoms with Gasteiger partial charge in [-0.2, -0.15) is 0 Å². The molecule has 0 aromatic heterocycles. The minimum absolute atomic E-state index is 0. The summed E-state index contributed by atoms with van der Waals surface area (Å²) >= 11 is 1.82. The first-order valence-corrected chi connectivity index (χ1v) is 10.4. The predicted molar refractivity (Wildman–Crippen MR) is 128 cm³/mol. The molecule has 0 unspecified atom stereocenters. The molecule has 0 saturated carbocycles. The molecular formula is C24H27BrN2S. The van der Waals surface area contributed by atoms with Crippen molar-refractivity contribution >= 4 is 33.9 Å². The highest BCUT2D eigenvalue weighted by molar-refractivity contribution is 8.93. The van der Waals surface area contributed by atoms with E-state index < -0.39 is 0 Å². The Morgan fingerprint density at radius 3 is 1.57 bits per heavy atom. The minimum atomic E-state index is 0. The molecule has 2 nitrogen and oxygen atoms in total. The largest absolute Gasteiger partial charge is 0.343 e. The molecule has 0 heterocycles. The third kappa shape index (κ3) is 7.17. The molecule has 0 bridgehead atoms. The van der Waals surface area contributed by atoms with Crippen molar-refractivity contribution in [3.63, 3.8) is 0 Å². The van der Waals surface area contributed by atoms with Crippen molar-refractivity contribution in [3.8, 4) is 0 Å².